The van der Waals surface area contributed by atoms with Crippen LogP contribution in [0.5, 0.6) is 0 Å². The van der Waals surface area contributed by atoms with E-state index in [1.54, 1.807) is 6.08 Å². The molecular weight excluding hydrogens is 253 g/mol. The third-order valence-corrected chi connectivity index (χ3v) is 1.59. The van der Waals surface area contributed by atoms with E-state index in [1.807, 2.05) is 26.0 Å². The van der Waals surface area contributed by atoms with Crippen LogP contribution in [0.3, 0.4) is 0 Å². The molecule has 2 nitrogen and oxygen atoms in total. The molecule has 0 aliphatic carbocycles. The molecule has 4 heteroatoms. The van der Waals surface area contributed by atoms with Crippen molar-refractivity contribution in [3.63, 3.8) is 0 Å². The molecular formula is C10H15ClO2Zn. The van der Waals surface area contributed by atoms with E-state index in [0.29, 0.717) is 0 Å². The third-order valence-electron chi connectivity index (χ3n) is 1.59. The first kappa shape index (κ1) is 14.3. The molecule has 76 valence electrons. The second kappa shape index (κ2) is 8.61. The Balaban J connectivity index is 0.000000791. The van der Waals surface area contributed by atoms with Crippen LogP contribution in [0.4, 0.5) is 0 Å². The summed E-state index contributed by atoms with van der Waals surface area (Å²) >= 11 is 0.847. The summed E-state index contributed by atoms with van der Waals surface area (Å²) in [5.41, 5.74) is 0. The summed E-state index contributed by atoms with van der Waals surface area (Å²) in [7, 11) is 4.76. The van der Waals surface area contributed by atoms with Gasteiger partial charge < -0.3 is 16.1 Å². The Hall–Kier alpha value is 0.313. The second-order valence-electron chi connectivity index (χ2n) is 3.08. The Morgan fingerprint density at radius 2 is 2.29 bits per heavy atom. The molecule has 0 saturated carbocycles. The van der Waals surface area contributed by atoms with Crippen LogP contribution in [-0.2, 0) is 26.8 Å². The van der Waals surface area contributed by atoms with E-state index in [0.717, 1.165) is 23.7 Å². The molecule has 0 spiro atoms. The summed E-state index contributed by atoms with van der Waals surface area (Å²) in [4.78, 5) is 0. The molecule has 2 atom stereocenters. The Kier molecular flexibility index (Phi) is 8.80. The van der Waals surface area contributed by atoms with Gasteiger partial charge in [-0.1, -0.05) is 6.08 Å². The molecule has 14 heavy (non-hydrogen) atoms. The van der Waals surface area contributed by atoms with E-state index in [1.165, 1.54) is 0 Å². The first-order valence-electron chi connectivity index (χ1n) is 4.51. The van der Waals surface area contributed by atoms with E-state index in [9.17, 15) is 0 Å². The summed E-state index contributed by atoms with van der Waals surface area (Å²) in [5, 5.41) is 0. The molecule has 0 saturated heterocycles. The van der Waals surface area contributed by atoms with Crippen LogP contribution in [0.2, 0.25) is 0 Å². The molecule has 0 aromatic carbocycles. The molecule has 1 rings (SSSR count). The number of ether oxygens (including phenoxy) is 2. The van der Waals surface area contributed by atoms with Crippen LogP contribution in [0.25, 0.3) is 0 Å². The second-order valence-corrected chi connectivity index (χ2v) is 3.08. The topological polar surface area (TPSA) is 18.5 Å². The zero-order valence-corrected chi connectivity index (χ0v) is 12.4. The van der Waals surface area contributed by atoms with Crippen LogP contribution in [0.15, 0.2) is 18.2 Å². The van der Waals surface area contributed by atoms with Gasteiger partial charge in [-0.3, -0.25) is 0 Å². The summed E-state index contributed by atoms with van der Waals surface area (Å²) in [6, 6.07) is 0. The first-order valence-corrected chi connectivity index (χ1v) is 8.41. The fourth-order valence-corrected chi connectivity index (χ4v) is 1.07. The Morgan fingerprint density at radius 1 is 1.64 bits per heavy atom. The van der Waals surface area contributed by atoms with Crippen LogP contribution < -0.4 is 0 Å². The number of halogens is 1. The van der Waals surface area contributed by atoms with Gasteiger partial charge in [0.15, 0.2) is 6.29 Å². The summed E-state index contributed by atoms with van der Waals surface area (Å²) in [6.07, 6.45) is 6.29. The van der Waals surface area contributed by atoms with Crippen LogP contribution in [0, 0.1) is 6.58 Å². The van der Waals surface area contributed by atoms with E-state index in [4.69, 9.17) is 25.7 Å². The zero-order valence-electron chi connectivity index (χ0n) is 8.65. The van der Waals surface area contributed by atoms with Gasteiger partial charge in [-0.15, -0.1) is 0 Å². The third kappa shape index (κ3) is 5.92. The monoisotopic (exact) mass is 266 g/mol. The minimum absolute atomic E-state index is 0.00116. The van der Waals surface area contributed by atoms with Crippen molar-refractivity contribution in [3.8, 4) is 0 Å². The van der Waals surface area contributed by atoms with Crippen molar-refractivity contribution in [1.29, 1.82) is 0 Å². The molecule has 0 N–H and O–H groups in total. The molecule has 1 aliphatic heterocycles. The van der Waals surface area contributed by atoms with Gasteiger partial charge in [0.1, 0.15) is 0 Å². The maximum absolute atomic E-state index is 5.46. The van der Waals surface area contributed by atoms with E-state index >= 15 is 0 Å². The predicted octanol–water partition coefficient (Wildman–Crippen LogP) is 2.76. The van der Waals surface area contributed by atoms with Crippen molar-refractivity contribution in [2.24, 2.45) is 0 Å². The molecule has 0 bridgehead atoms. The van der Waals surface area contributed by atoms with Gasteiger partial charge >= 0.3 is 27.0 Å². The Bertz CT molecular complexity index is 183. The van der Waals surface area contributed by atoms with Crippen LogP contribution in [-0.4, -0.2) is 18.5 Å². The van der Waals surface area contributed by atoms with Crippen molar-refractivity contribution in [2.75, 3.05) is 0 Å². The number of hydrogen-bond donors (Lipinski definition) is 0. The fourth-order valence-electron chi connectivity index (χ4n) is 1.07. The van der Waals surface area contributed by atoms with Crippen molar-refractivity contribution in [2.45, 2.75) is 38.8 Å². The molecule has 1 unspecified atom stereocenters. The molecule has 0 amide bonds. The number of rotatable bonds is 3. The Morgan fingerprint density at radius 3 is 2.79 bits per heavy atom. The molecule has 0 aromatic rings. The van der Waals surface area contributed by atoms with Gasteiger partial charge in [-0.05, 0) is 26.3 Å². The summed E-state index contributed by atoms with van der Waals surface area (Å²) in [5.74, 6) is 0. The fraction of sp³-hybridized carbons (Fsp3) is 0.600. The van der Waals surface area contributed by atoms with Crippen LogP contribution in [0.1, 0.15) is 20.3 Å². The maximum atomic E-state index is 5.46. The molecule has 1 aliphatic rings. The average molecular weight is 268 g/mol. The van der Waals surface area contributed by atoms with E-state index in [-0.39, 0.29) is 18.5 Å². The van der Waals surface area contributed by atoms with Gasteiger partial charge in [-0.2, -0.15) is 0 Å². The summed E-state index contributed by atoms with van der Waals surface area (Å²) < 4.78 is 10.9. The van der Waals surface area contributed by atoms with Gasteiger partial charge in [-0.25, -0.2) is 6.08 Å². The molecule has 1 heterocycles. The number of hydrogen-bond acceptors (Lipinski definition) is 2. The SMILES string of the molecule is [CH-]=C[C@H]1CC=CC(OC(C)C)O1.[Cl][Zn+]. The molecule has 0 radical (unpaired) electrons. The predicted molar refractivity (Wildman–Crippen MR) is 53.4 cm³/mol. The van der Waals surface area contributed by atoms with Crippen molar-refractivity contribution >= 4 is 9.69 Å². The first-order chi connectivity index (χ1) is 6.72. The van der Waals surface area contributed by atoms with E-state index < -0.39 is 0 Å². The zero-order chi connectivity index (χ0) is 11.0. The normalized spacial score (nSPS) is 25.6. The standard InChI is InChI=1S/C10H15O2.ClH.Zn/c1-4-9-6-5-7-10(12-9)11-8(2)3;;/h1,4-5,7-10H,6H2,2-3H3;1H;/q-1;;+2/p-1/t9-,10?;;/m0../s1. The molecule has 0 aromatic heterocycles. The van der Waals surface area contributed by atoms with Crippen molar-refractivity contribution in [1.82, 2.24) is 0 Å². The van der Waals surface area contributed by atoms with Gasteiger partial charge in [0, 0.05) is 0 Å². The van der Waals surface area contributed by atoms with Crippen molar-refractivity contribution < 1.29 is 26.8 Å². The van der Waals surface area contributed by atoms with Crippen LogP contribution >= 0.6 is 9.69 Å². The molecule has 0 fully saturated rings. The van der Waals surface area contributed by atoms with Gasteiger partial charge in [0.05, 0.1) is 12.2 Å². The van der Waals surface area contributed by atoms with Crippen molar-refractivity contribution in [3.05, 3.63) is 24.8 Å². The van der Waals surface area contributed by atoms with E-state index in [2.05, 4.69) is 0 Å². The Labute approximate surface area is 100 Å². The average Bonchev–Trinajstić information content (AvgIpc) is 2.20. The quantitative estimate of drug-likeness (QED) is 0.445. The van der Waals surface area contributed by atoms with Gasteiger partial charge in [0.25, 0.3) is 0 Å². The summed E-state index contributed by atoms with van der Waals surface area (Å²) in [6.45, 7) is 9.32. The van der Waals surface area contributed by atoms with Gasteiger partial charge in [0.2, 0.25) is 0 Å². The minimum atomic E-state index is -0.233.